The van der Waals surface area contributed by atoms with Crippen LogP contribution in [-0.4, -0.2) is 4.21 Å². The molecule has 19 heavy (non-hydrogen) atoms. The number of hydrogen-bond acceptors (Lipinski definition) is 2. The van der Waals surface area contributed by atoms with Crippen LogP contribution in [0.4, 0.5) is 0 Å². The molecule has 2 aromatic carbocycles. The highest BCUT2D eigenvalue weighted by Crippen LogP contribution is 2.36. The van der Waals surface area contributed by atoms with E-state index in [4.69, 9.17) is 0 Å². The van der Waals surface area contributed by atoms with Crippen LogP contribution in [0.2, 0.25) is 0 Å². The van der Waals surface area contributed by atoms with Crippen LogP contribution in [0.3, 0.4) is 0 Å². The largest absolute Gasteiger partial charge is 0.271 e. The summed E-state index contributed by atoms with van der Waals surface area (Å²) in [6.07, 6.45) is 0. The Bertz CT molecular complexity index is 645. The zero-order valence-corrected chi connectivity index (χ0v) is 12.0. The zero-order valence-electron chi connectivity index (χ0n) is 10.3. The van der Waals surface area contributed by atoms with Crippen molar-refractivity contribution in [2.45, 2.75) is 14.7 Å². The maximum absolute atomic E-state index is 13.7. The van der Waals surface area contributed by atoms with E-state index < -0.39 is 9.93 Å². The lowest BCUT2D eigenvalue weighted by molar-refractivity contribution is 0.670. The maximum Gasteiger partial charge on any atom is 0.0336 e. The third kappa shape index (κ3) is 2.15. The quantitative estimate of drug-likeness (QED) is 0.713. The summed E-state index contributed by atoms with van der Waals surface area (Å²) in [5, 5.41) is 3.97. The van der Waals surface area contributed by atoms with Gasteiger partial charge in [0.15, 0.2) is 0 Å². The number of thiophene rings is 1. The Kier molecular flexibility index (Phi) is 3.32. The van der Waals surface area contributed by atoms with Crippen LogP contribution >= 0.6 is 11.3 Å². The maximum atomic E-state index is 13.7. The Hall–Kier alpha value is -1.71. The lowest BCUT2D eigenvalue weighted by Crippen LogP contribution is -2.12. The first-order chi connectivity index (χ1) is 9.32. The van der Waals surface area contributed by atoms with Crippen molar-refractivity contribution in [3.8, 4) is 0 Å². The second-order valence-electron chi connectivity index (χ2n) is 4.26. The predicted octanol–water partition coefficient (Wildman–Crippen LogP) is 4.24. The van der Waals surface area contributed by atoms with E-state index >= 15 is 0 Å². The van der Waals surface area contributed by atoms with Gasteiger partial charge in [-0.3, -0.25) is 4.21 Å². The molecule has 0 fully saturated rings. The smallest absolute Gasteiger partial charge is 0.0336 e. The second kappa shape index (κ2) is 5.11. The summed E-state index contributed by atoms with van der Waals surface area (Å²) in [5.74, 6) is 0. The Morgan fingerprint density at radius 2 is 1.21 bits per heavy atom. The van der Waals surface area contributed by atoms with Crippen molar-refractivity contribution in [1.29, 1.82) is 0 Å². The molecule has 0 amide bonds. The third-order valence-electron chi connectivity index (χ3n) is 3.11. The molecular weight excluding hydrogens is 272 g/mol. The fourth-order valence-electron chi connectivity index (χ4n) is 2.16. The van der Waals surface area contributed by atoms with Crippen LogP contribution in [0.25, 0.3) is 0 Å². The van der Waals surface area contributed by atoms with Gasteiger partial charge in [-0.1, -0.05) is 36.4 Å². The molecule has 0 unspecified atom stereocenters. The lowest BCUT2D eigenvalue weighted by atomic mass is 10.4. The number of benzene rings is 2. The van der Waals surface area contributed by atoms with Gasteiger partial charge in [-0.15, -0.1) is 0 Å². The summed E-state index contributed by atoms with van der Waals surface area (Å²) in [7, 11) is -2.72. The SMILES string of the molecule is O=[SH](c1ccccc1)(c1ccccc1)c1ccsc1. The van der Waals surface area contributed by atoms with E-state index in [1.165, 1.54) is 0 Å². The summed E-state index contributed by atoms with van der Waals surface area (Å²) >= 11 is 1.58. The van der Waals surface area contributed by atoms with Crippen LogP contribution in [0.1, 0.15) is 0 Å². The van der Waals surface area contributed by atoms with Gasteiger partial charge in [-0.25, -0.2) is 0 Å². The molecule has 1 heterocycles. The van der Waals surface area contributed by atoms with E-state index in [0.29, 0.717) is 0 Å². The first-order valence-corrected chi connectivity index (χ1v) is 8.71. The minimum absolute atomic E-state index is 0.889. The molecule has 0 saturated carbocycles. The monoisotopic (exact) mass is 286 g/mol. The summed E-state index contributed by atoms with van der Waals surface area (Å²) in [6, 6.07) is 21.4. The minimum Gasteiger partial charge on any atom is -0.271 e. The molecule has 1 aromatic heterocycles. The normalized spacial score (nSPS) is 12.2. The van der Waals surface area contributed by atoms with Crippen LogP contribution in [0.15, 0.2) is 92.2 Å². The van der Waals surface area contributed by atoms with Gasteiger partial charge in [0.05, 0.1) is 0 Å². The van der Waals surface area contributed by atoms with Crippen molar-refractivity contribution >= 4 is 21.3 Å². The molecule has 3 aromatic rings. The molecule has 3 heteroatoms. The van der Waals surface area contributed by atoms with Gasteiger partial charge in [0.1, 0.15) is 0 Å². The molecule has 0 bridgehead atoms. The molecule has 0 aliphatic heterocycles. The lowest BCUT2D eigenvalue weighted by Gasteiger charge is -2.24. The molecule has 0 aliphatic rings. The number of rotatable bonds is 3. The molecule has 0 atom stereocenters. The molecular formula is C16H14OS2. The molecule has 0 N–H and O–H groups in total. The summed E-state index contributed by atoms with van der Waals surface area (Å²) in [6.45, 7) is 0. The third-order valence-corrected chi connectivity index (χ3v) is 7.02. The van der Waals surface area contributed by atoms with Gasteiger partial charge < -0.3 is 0 Å². The van der Waals surface area contributed by atoms with Crippen LogP contribution in [0, 0.1) is 0 Å². The zero-order chi connectivity index (χ0) is 13.1. The van der Waals surface area contributed by atoms with Crippen LogP contribution in [0.5, 0.6) is 0 Å². The van der Waals surface area contributed by atoms with E-state index in [0.717, 1.165) is 14.7 Å². The highest BCUT2D eigenvalue weighted by atomic mass is 32.2. The van der Waals surface area contributed by atoms with Crippen LogP contribution < -0.4 is 0 Å². The first-order valence-electron chi connectivity index (χ1n) is 6.06. The average Bonchev–Trinajstić information content (AvgIpc) is 3.03. The molecule has 0 spiro atoms. The molecule has 0 saturated heterocycles. The topological polar surface area (TPSA) is 17.1 Å². The highest BCUT2D eigenvalue weighted by molar-refractivity contribution is 8.03. The van der Waals surface area contributed by atoms with Gasteiger partial charge in [-0.05, 0) is 45.6 Å². The molecule has 3 rings (SSSR count). The Morgan fingerprint density at radius 3 is 1.63 bits per heavy atom. The van der Waals surface area contributed by atoms with Gasteiger partial charge in [0, 0.05) is 20.1 Å². The number of hydrogen-bond donors (Lipinski definition) is 1. The summed E-state index contributed by atoms with van der Waals surface area (Å²) in [5.41, 5.74) is 0. The standard InChI is InChI=1S/C16H14OS2/c17-19(16-11-12-18-13-16,14-7-3-1-4-8-14)15-9-5-2-6-10-15/h1-13,19H. The minimum atomic E-state index is -2.72. The predicted molar refractivity (Wildman–Crippen MR) is 81.5 cm³/mol. The highest BCUT2D eigenvalue weighted by Gasteiger charge is 2.23. The van der Waals surface area contributed by atoms with E-state index in [1.54, 1.807) is 11.3 Å². The van der Waals surface area contributed by atoms with Crippen LogP contribution in [-0.2, 0) is 9.93 Å². The summed E-state index contributed by atoms with van der Waals surface area (Å²) in [4.78, 5) is 2.69. The van der Waals surface area contributed by atoms with Crippen molar-refractivity contribution in [2.75, 3.05) is 0 Å². The van der Waals surface area contributed by atoms with E-state index in [1.807, 2.05) is 77.5 Å². The molecule has 0 radical (unpaired) electrons. The molecule has 1 nitrogen and oxygen atoms in total. The van der Waals surface area contributed by atoms with Gasteiger partial charge in [-0.2, -0.15) is 11.3 Å². The van der Waals surface area contributed by atoms with Gasteiger partial charge >= 0.3 is 0 Å². The summed E-state index contributed by atoms with van der Waals surface area (Å²) < 4.78 is 13.7. The second-order valence-corrected chi connectivity index (χ2v) is 7.81. The first kappa shape index (κ1) is 12.3. The van der Waals surface area contributed by atoms with E-state index in [2.05, 4.69) is 0 Å². The van der Waals surface area contributed by atoms with Crippen molar-refractivity contribution in [3.05, 3.63) is 77.5 Å². The fraction of sp³-hybridized carbons (Fsp3) is 0. The van der Waals surface area contributed by atoms with Crippen molar-refractivity contribution in [1.82, 2.24) is 0 Å². The average molecular weight is 286 g/mol. The van der Waals surface area contributed by atoms with Gasteiger partial charge in [0.25, 0.3) is 0 Å². The fourth-order valence-corrected chi connectivity index (χ4v) is 5.92. The van der Waals surface area contributed by atoms with Gasteiger partial charge in [0.2, 0.25) is 0 Å². The Morgan fingerprint density at radius 1 is 0.684 bits per heavy atom. The Labute approximate surface area is 118 Å². The molecule has 0 aliphatic carbocycles. The van der Waals surface area contributed by atoms with E-state index in [-0.39, 0.29) is 0 Å². The van der Waals surface area contributed by atoms with Crippen molar-refractivity contribution in [2.24, 2.45) is 0 Å². The molecule has 96 valence electrons. The number of thiol groups is 1. The van der Waals surface area contributed by atoms with E-state index in [9.17, 15) is 4.21 Å². The van der Waals surface area contributed by atoms with Crippen molar-refractivity contribution in [3.63, 3.8) is 0 Å². The van der Waals surface area contributed by atoms with Crippen molar-refractivity contribution < 1.29 is 4.21 Å². The Balaban J connectivity index is 2.26.